The summed E-state index contributed by atoms with van der Waals surface area (Å²) in [6, 6.07) is 4.90. The molecule has 0 aromatic heterocycles. The second-order valence-electron chi connectivity index (χ2n) is 3.62. The number of hydrogen-bond acceptors (Lipinski definition) is 3. The Balaban J connectivity index is 2.89. The minimum Gasteiger partial charge on any atom is -0.399 e. The van der Waals surface area contributed by atoms with Crippen molar-refractivity contribution in [3.8, 4) is 0 Å². The van der Waals surface area contributed by atoms with E-state index >= 15 is 0 Å². The maximum absolute atomic E-state index is 12.2. The van der Waals surface area contributed by atoms with Gasteiger partial charge in [-0.3, -0.25) is 4.79 Å². The molecule has 1 aromatic rings. The third-order valence-corrected chi connectivity index (χ3v) is 2.78. The van der Waals surface area contributed by atoms with Gasteiger partial charge in [-0.25, -0.2) is 0 Å². The molecule has 0 aliphatic carbocycles. The van der Waals surface area contributed by atoms with Crippen molar-refractivity contribution < 1.29 is 9.53 Å². The zero-order chi connectivity index (χ0) is 12.8. The predicted molar refractivity (Wildman–Crippen MR) is 69.3 cm³/mol. The fourth-order valence-electron chi connectivity index (χ4n) is 1.48. The third kappa shape index (κ3) is 3.61. The van der Waals surface area contributed by atoms with E-state index in [1.165, 1.54) is 0 Å². The van der Waals surface area contributed by atoms with Crippen LogP contribution in [0.2, 0.25) is 5.02 Å². The van der Waals surface area contributed by atoms with E-state index < -0.39 is 0 Å². The van der Waals surface area contributed by atoms with Gasteiger partial charge in [0.15, 0.2) is 0 Å². The van der Waals surface area contributed by atoms with Crippen molar-refractivity contribution in [2.24, 2.45) is 0 Å². The largest absolute Gasteiger partial charge is 0.399 e. The average molecular weight is 257 g/mol. The molecular weight excluding hydrogens is 240 g/mol. The Bertz CT molecular complexity index is 396. The first kappa shape index (κ1) is 13.8. The molecule has 0 fully saturated rings. The van der Waals surface area contributed by atoms with Crippen molar-refractivity contribution >= 4 is 23.2 Å². The lowest BCUT2D eigenvalue weighted by Crippen LogP contribution is -2.33. The molecule has 4 nitrogen and oxygen atoms in total. The van der Waals surface area contributed by atoms with Crippen LogP contribution >= 0.6 is 11.6 Å². The molecule has 0 radical (unpaired) electrons. The molecular formula is C12H17ClN2O2. The molecule has 0 saturated carbocycles. The number of anilines is 1. The SMILES string of the molecule is CCN(CCOC)C(=O)c1cc(N)ccc1Cl. The van der Waals surface area contributed by atoms with Gasteiger partial charge >= 0.3 is 0 Å². The summed E-state index contributed by atoms with van der Waals surface area (Å²) < 4.78 is 4.96. The smallest absolute Gasteiger partial charge is 0.255 e. The quantitative estimate of drug-likeness (QED) is 0.820. The lowest BCUT2D eigenvalue weighted by Gasteiger charge is -2.21. The van der Waals surface area contributed by atoms with Crippen LogP contribution in [0, 0.1) is 0 Å². The van der Waals surface area contributed by atoms with Crippen molar-refractivity contribution in [1.29, 1.82) is 0 Å². The monoisotopic (exact) mass is 256 g/mol. The second kappa shape index (κ2) is 6.47. The molecule has 1 rings (SSSR count). The van der Waals surface area contributed by atoms with Gasteiger partial charge in [-0.15, -0.1) is 0 Å². The summed E-state index contributed by atoms with van der Waals surface area (Å²) in [7, 11) is 1.60. The number of nitrogens with two attached hydrogens (primary N) is 1. The number of rotatable bonds is 5. The summed E-state index contributed by atoms with van der Waals surface area (Å²) in [5, 5.41) is 0.417. The van der Waals surface area contributed by atoms with Gasteiger partial charge in [-0.2, -0.15) is 0 Å². The highest BCUT2D eigenvalue weighted by Gasteiger charge is 2.16. The van der Waals surface area contributed by atoms with Crippen LogP contribution in [0.25, 0.3) is 0 Å². The minimum atomic E-state index is -0.123. The summed E-state index contributed by atoms with van der Waals surface area (Å²) in [6.45, 7) is 3.55. The number of carbonyl (C=O) groups is 1. The molecule has 0 aliphatic heterocycles. The maximum atomic E-state index is 12.2. The van der Waals surface area contributed by atoms with E-state index in [1.807, 2.05) is 6.92 Å². The van der Waals surface area contributed by atoms with Gasteiger partial charge in [0.05, 0.1) is 17.2 Å². The number of ether oxygens (including phenoxy) is 1. The second-order valence-corrected chi connectivity index (χ2v) is 4.02. The molecule has 5 heteroatoms. The Kier molecular flexibility index (Phi) is 5.25. The number of nitrogens with zero attached hydrogens (tertiary/aromatic N) is 1. The first-order valence-corrected chi connectivity index (χ1v) is 5.81. The standard InChI is InChI=1S/C12H17ClN2O2/c1-3-15(6-7-17-2)12(16)10-8-9(14)4-5-11(10)13/h4-5,8H,3,6-7,14H2,1-2H3. The highest BCUT2D eigenvalue weighted by molar-refractivity contribution is 6.34. The van der Waals surface area contributed by atoms with Crippen LogP contribution in [0.3, 0.4) is 0 Å². The predicted octanol–water partition coefficient (Wildman–Crippen LogP) is 2.03. The number of nitrogen functional groups attached to an aromatic ring is 1. The molecule has 0 aliphatic rings. The topological polar surface area (TPSA) is 55.6 Å². The Morgan fingerprint density at radius 1 is 1.53 bits per heavy atom. The normalized spacial score (nSPS) is 10.3. The van der Waals surface area contributed by atoms with Gasteiger partial charge in [0, 0.05) is 25.9 Å². The number of benzene rings is 1. The molecule has 0 bridgehead atoms. The number of hydrogen-bond donors (Lipinski definition) is 1. The fourth-order valence-corrected chi connectivity index (χ4v) is 1.68. The van der Waals surface area contributed by atoms with Crippen molar-refractivity contribution in [2.75, 3.05) is 32.5 Å². The highest BCUT2D eigenvalue weighted by Crippen LogP contribution is 2.20. The molecule has 0 spiro atoms. The first-order valence-electron chi connectivity index (χ1n) is 5.43. The van der Waals surface area contributed by atoms with Gasteiger partial charge in [0.1, 0.15) is 0 Å². The van der Waals surface area contributed by atoms with Crippen LogP contribution < -0.4 is 5.73 Å². The van der Waals surface area contributed by atoms with Crippen LogP contribution in [0.15, 0.2) is 18.2 Å². The highest BCUT2D eigenvalue weighted by atomic mass is 35.5. The Hall–Kier alpha value is -1.26. The van der Waals surface area contributed by atoms with Gasteiger partial charge < -0.3 is 15.4 Å². The van der Waals surface area contributed by atoms with Crippen LogP contribution in [0.4, 0.5) is 5.69 Å². The Morgan fingerprint density at radius 3 is 2.82 bits per heavy atom. The lowest BCUT2D eigenvalue weighted by molar-refractivity contribution is 0.0706. The van der Waals surface area contributed by atoms with Crippen molar-refractivity contribution in [1.82, 2.24) is 4.90 Å². The van der Waals surface area contributed by atoms with E-state index in [-0.39, 0.29) is 5.91 Å². The van der Waals surface area contributed by atoms with E-state index in [0.717, 1.165) is 0 Å². The number of halogens is 1. The molecule has 1 aromatic carbocycles. The molecule has 1 amide bonds. The number of carbonyl (C=O) groups excluding carboxylic acids is 1. The molecule has 2 N–H and O–H groups in total. The van der Waals surface area contributed by atoms with Gasteiger partial charge in [-0.05, 0) is 25.1 Å². The molecule has 0 heterocycles. The Morgan fingerprint density at radius 2 is 2.24 bits per heavy atom. The minimum absolute atomic E-state index is 0.123. The molecule has 0 unspecified atom stereocenters. The van der Waals surface area contributed by atoms with Crippen molar-refractivity contribution in [2.45, 2.75) is 6.92 Å². The zero-order valence-corrected chi connectivity index (χ0v) is 10.8. The van der Waals surface area contributed by atoms with Crippen LogP contribution in [-0.2, 0) is 4.74 Å². The third-order valence-electron chi connectivity index (χ3n) is 2.46. The van der Waals surface area contributed by atoms with E-state index in [2.05, 4.69) is 0 Å². The number of likely N-dealkylation sites (N-methyl/N-ethyl adjacent to an activating group) is 1. The maximum Gasteiger partial charge on any atom is 0.255 e. The Labute approximate surface area is 106 Å². The average Bonchev–Trinajstić information content (AvgIpc) is 2.33. The van der Waals surface area contributed by atoms with Gasteiger partial charge in [-0.1, -0.05) is 11.6 Å². The summed E-state index contributed by atoms with van der Waals surface area (Å²) in [4.78, 5) is 13.9. The summed E-state index contributed by atoms with van der Waals surface area (Å²) in [5.41, 5.74) is 6.62. The lowest BCUT2D eigenvalue weighted by atomic mass is 10.1. The van der Waals surface area contributed by atoms with Crippen LogP contribution in [0.1, 0.15) is 17.3 Å². The van der Waals surface area contributed by atoms with Crippen molar-refractivity contribution in [3.05, 3.63) is 28.8 Å². The number of amides is 1. The molecule has 0 atom stereocenters. The van der Waals surface area contributed by atoms with E-state index in [1.54, 1.807) is 30.2 Å². The number of methoxy groups -OCH3 is 1. The summed E-state index contributed by atoms with van der Waals surface area (Å²) in [5.74, 6) is -0.123. The summed E-state index contributed by atoms with van der Waals surface area (Å²) in [6.07, 6.45) is 0. The zero-order valence-electron chi connectivity index (χ0n) is 10.1. The van der Waals surface area contributed by atoms with E-state index in [4.69, 9.17) is 22.1 Å². The van der Waals surface area contributed by atoms with E-state index in [0.29, 0.717) is 36.0 Å². The first-order chi connectivity index (χ1) is 8.10. The van der Waals surface area contributed by atoms with Gasteiger partial charge in [0.2, 0.25) is 0 Å². The molecule has 94 valence electrons. The fraction of sp³-hybridized carbons (Fsp3) is 0.417. The summed E-state index contributed by atoms with van der Waals surface area (Å²) >= 11 is 5.99. The molecule has 17 heavy (non-hydrogen) atoms. The molecule has 0 saturated heterocycles. The van der Waals surface area contributed by atoms with Gasteiger partial charge in [0.25, 0.3) is 5.91 Å². The van der Waals surface area contributed by atoms with E-state index in [9.17, 15) is 4.79 Å². The van der Waals surface area contributed by atoms with Crippen LogP contribution in [-0.4, -0.2) is 37.6 Å². The van der Waals surface area contributed by atoms with Crippen LogP contribution in [0.5, 0.6) is 0 Å². The van der Waals surface area contributed by atoms with Crippen molar-refractivity contribution in [3.63, 3.8) is 0 Å².